The highest BCUT2D eigenvalue weighted by Crippen LogP contribution is 2.14. The van der Waals surface area contributed by atoms with Gasteiger partial charge in [-0.3, -0.25) is 14.4 Å². The second-order valence-corrected chi connectivity index (χ2v) is 19.8. The van der Waals surface area contributed by atoms with Crippen LogP contribution >= 0.6 is 0 Å². The minimum absolute atomic E-state index is 0.109. The fourth-order valence-corrected chi connectivity index (χ4v) is 8.08. The number of esters is 3. The van der Waals surface area contributed by atoms with Crippen molar-refractivity contribution in [3.8, 4) is 0 Å². The number of carbonyl (C=O) groups is 3. The molecule has 0 saturated heterocycles. The summed E-state index contributed by atoms with van der Waals surface area (Å²) in [6.45, 7) is 6.36. The van der Waals surface area contributed by atoms with Crippen LogP contribution in [0.15, 0.2) is 134 Å². The van der Waals surface area contributed by atoms with Gasteiger partial charge in [-0.25, -0.2) is 0 Å². The molecule has 0 aromatic heterocycles. The first-order chi connectivity index (χ1) is 37.0. The van der Waals surface area contributed by atoms with Gasteiger partial charge < -0.3 is 14.2 Å². The lowest BCUT2D eigenvalue weighted by Crippen LogP contribution is -2.30. The maximum absolute atomic E-state index is 12.9. The normalized spacial score (nSPS) is 13.1. The largest absolute Gasteiger partial charge is 0.462 e. The van der Waals surface area contributed by atoms with Crippen molar-refractivity contribution >= 4 is 17.9 Å². The Labute approximate surface area is 462 Å². The van der Waals surface area contributed by atoms with E-state index in [1.54, 1.807) is 0 Å². The lowest BCUT2D eigenvalue weighted by atomic mass is 10.1. The summed E-state index contributed by atoms with van der Waals surface area (Å²) in [5.74, 6) is -0.977. The Kier molecular flexibility index (Phi) is 58.4. The molecule has 0 aromatic carbocycles. The van der Waals surface area contributed by atoms with Crippen LogP contribution in [0.5, 0.6) is 0 Å². The molecule has 0 aliphatic rings. The first kappa shape index (κ1) is 70.5. The quantitative estimate of drug-likeness (QED) is 0.0261. The molecule has 0 aliphatic heterocycles. The number of rotatable bonds is 54. The topological polar surface area (TPSA) is 78.9 Å². The number of unbranched alkanes of at least 4 members (excludes halogenated alkanes) is 21. The van der Waals surface area contributed by atoms with Gasteiger partial charge in [-0.15, -0.1) is 0 Å². The first-order valence-corrected chi connectivity index (χ1v) is 30.7. The third-order valence-corrected chi connectivity index (χ3v) is 12.6. The molecule has 0 bridgehead atoms. The van der Waals surface area contributed by atoms with E-state index in [1.165, 1.54) is 89.9 Å². The van der Waals surface area contributed by atoms with Gasteiger partial charge in [0.25, 0.3) is 0 Å². The predicted octanol–water partition coefficient (Wildman–Crippen LogP) is 21.0. The molecule has 0 heterocycles. The van der Waals surface area contributed by atoms with Gasteiger partial charge >= 0.3 is 17.9 Å². The highest BCUT2D eigenvalue weighted by Gasteiger charge is 2.19. The van der Waals surface area contributed by atoms with Crippen LogP contribution in [0.1, 0.15) is 265 Å². The lowest BCUT2D eigenvalue weighted by Gasteiger charge is -2.18. The number of ether oxygens (including phenoxy) is 3. The van der Waals surface area contributed by atoms with Crippen LogP contribution in [0.2, 0.25) is 0 Å². The van der Waals surface area contributed by atoms with E-state index >= 15 is 0 Å². The highest BCUT2D eigenvalue weighted by atomic mass is 16.6. The Morgan fingerprint density at radius 1 is 0.280 bits per heavy atom. The van der Waals surface area contributed by atoms with E-state index in [4.69, 9.17) is 14.2 Å². The van der Waals surface area contributed by atoms with Crippen LogP contribution < -0.4 is 0 Å². The van der Waals surface area contributed by atoms with Crippen molar-refractivity contribution in [3.05, 3.63) is 134 Å². The summed E-state index contributed by atoms with van der Waals surface area (Å²) in [6, 6.07) is 0. The van der Waals surface area contributed by atoms with Crippen LogP contribution in [-0.4, -0.2) is 37.2 Å². The van der Waals surface area contributed by atoms with Crippen LogP contribution in [-0.2, 0) is 28.6 Å². The molecule has 0 radical (unpaired) electrons. The smallest absolute Gasteiger partial charge is 0.306 e. The summed E-state index contributed by atoms with van der Waals surface area (Å²) >= 11 is 0. The van der Waals surface area contributed by atoms with Gasteiger partial charge in [-0.05, 0) is 135 Å². The summed E-state index contributed by atoms with van der Waals surface area (Å²) in [4.78, 5) is 38.3. The standard InChI is InChI=1S/C69H112O6/c1-4-7-10-13-16-19-22-25-28-31-33-34-36-38-41-44-47-50-53-56-59-62-68(71)74-65-66(64-73-67(70)61-58-55-52-49-46-43-40-37-30-27-24-21-18-15-12-9-6-3)75-69(72)63-60-57-54-51-48-45-42-39-35-32-29-26-23-20-17-14-11-8-5-2/h7,9-10,12,16,18-19,21,25-30,33-34,38,40-41,43,47,50,66H,4-6,8,11,13-15,17,20,22-24,31-32,35-37,39,42,44-46,48-49,51-65H2,1-3H3/b10-7-,12-9-,19-16-,21-18-,28-25-,29-26-,30-27-,34-33-,41-38-,43-40-,50-47-. The fraction of sp³-hybridized carbons (Fsp3) is 0.638. The Hall–Kier alpha value is -4.45. The van der Waals surface area contributed by atoms with Crippen molar-refractivity contribution in [3.63, 3.8) is 0 Å². The molecule has 1 atom stereocenters. The number of carbonyl (C=O) groups excluding carboxylic acids is 3. The third kappa shape index (κ3) is 60.3. The van der Waals surface area contributed by atoms with E-state index in [0.29, 0.717) is 25.7 Å². The second-order valence-electron chi connectivity index (χ2n) is 19.8. The predicted molar refractivity (Wildman–Crippen MR) is 325 cm³/mol. The molecule has 0 saturated carbocycles. The SMILES string of the molecule is CC/C=C\C/C=C\C/C=C\C/C=C\C/C=C\C/C=C\CCCCC(=O)OCC(COC(=O)CCCCCC/C=C\C/C=C\C/C=C\C/C=C\CC)OC(=O)CCCCCCCCCCC/C=C\CCCCCCCC. The zero-order chi connectivity index (χ0) is 54.3. The molecule has 0 aromatic rings. The Morgan fingerprint density at radius 2 is 0.520 bits per heavy atom. The fourth-order valence-electron chi connectivity index (χ4n) is 8.08. The van der Waals surface area contributed by atoms with Crippen LogP contribution in [0.3, 0.4) is 0 Å². The molecule has 0 aliphatic carbocycles. The molecule has 6 heteroatoms. The summed E-state index contributed by atoms with van der Waals surface area (Å²) in [7, 11) is 0. The highest BCUT2D eigenvalue weighted by molar-refractivity contribution is 5.71. The van der Waals surface area contributed by atoms with Crippen LogP contribution in [0.4, 0.5) is 0 Å². The molecular formula is C69H112O6. The minimum atomic E-state index is -0.814. The molecule has 1 unspecified atom stereocenters. The monoisotopic (exact) mass is 1040 g/mol. The van der Waals surface area contributed by atoms with Crippen LogP contribution in [0, 0.1) is 0 Å². The summed E-state index contributed by atoms with van der Waals surface area (Å²) in [5.41, 5.74) is 0. The molecule has 0 amide bonds. The Morgan fingerprint density at radius 3 is 0.853 bits per heavy atom. The van der Waals surface area contributed by atoms with Crippen molar-refractivity contribution in [1.82, 2.24) is 0 Å². The van der Waals surface area contributed by atoms with Crippen molar-refractivity contribution in [1.29, 1.82) is 0 Å². The zero-order valence-corrected chi connectivity index (χ0v) is 48.5. The Balaban J connectivity index is 4.52. The Bertz CT molecular complexity index is 1620. The molecule has 0 N–H and O–H groups in total. The number of hydrogen-bond acceptors (Lipinski definition) is 6. The van der Waals surface area contributed by atoms with E-state index in [1.807, 2.05) is 0 Å². The average molecular weight is 1040 g/mol. The molecular weight excluding hydrogens is 925 g/mol. The summed E-state index contributed by atoms with van der Waals surface area (Å²) < 4.78 is 16.9. The van der Waals surface area contributed by atoms with E-state index in [-0.39, 0.29) is 31.1 Å². The van der Waals surface area contributed by atoms with Gasteiger partial charge in [0.05, 0.1) is 0 Å². The van der Waals surface area contributed by atoms with Gasteiger partial charge in [0.15, 0.2) is 6.10 Å². The van der Waals surface area contributed by atoms with Gasteiger partial charge in [0.2, 0.25) is 0 Å². The van der Waals surface area contributed by atoms with Gasteiger partial charge in [0, 0.05) is 19.3 Å². The molecule has 6 nitrogen and oxygen atoms in total. The van der Waals surface area contributed by atoms with E-state index < -0.39 is 6.10 Å². The molecule has 0 rings (SSSR count). The average Bonchev–Trinajstić information content (AvgIpc) is 3.41. The molecule has 424 valence electrons. The van der Waals surface area contributed by atoms with Gasteiger partial charge in [0.1, 0.15) is 13.2 Å². The molecule has 75 heavy (non-hydrogen) atoms. The van der Waals surface area contributed by atoms with E-state index in [9.17, 15) is 14.4 Å². The molecule has 0 spiro atoms. The lowest BCUT2D eigenvalue weighted by molar-refractivity contribution is -0.167. The number of allylic oxidation sites excluding steroid dienone is 22. The van der Waals surface area contributed by atoms with Crippen molar-refractivity contribution in [2.24, 2.45) is 0 Å². The van der Waals surface area contributed by atoms with Gasteiger partial charge in [-0.1, -0.05) is 244 Å². The second kappa shape index (κ2) is 62.1. The van der Waals surface area contributed by atoms with Crippen molar-refractivity contribution in [2.75, 3.05) is 13.2 Å². The van der Waals surface area contributed by atoms with E-state index in [0.717, 1.165) is 128 Å². The zero-order valence-electron chi connectivity index (χ0n) is 48.5. The van der Waals surface area contributed by atoms with Gasteiger partial charge in [-0.2, -0.15) is 0 Å². The maximum atomic E-state index is 12.9. The summed E-state index contributed by atoms with van der Waals surface area (Å²) in [5, 5.41) is 0. The van der Waals surface area contributed by atoms with Crippen molar-refractivity contribution < 1.29 is 28.6 Å². The van der Waals surface area contributed by atoms with Crippen LogP contribution in [0.25, 0.3) is 0 Å². The van der Waals surface area contributed by atoms with E-state index in [2.05, 4.69) is 154 Å². The first-order valence-electron chi connectivity index (χ1n) is 30.7. The molecule has 0 fully saturated rings. The summed E-state index contributed by atoms with van der Waals surface area (Å²) in [6.07, 6.45) is 87.3. The maximum Gasteiger partial charge on any atom is 0.306 e. The van der Waals surface area contributed by atoms with Crippen molar-refractivity contribution in [2.45, 2.75) is 271 Å². The minimum Gasteiger partial charge on any atom is -0.462 e. The third-order valence-electron chi connectivity index (χ3n) is 12.6. The number of hydrogen-bond donors (Lipinski definition) is 0.